The van der Waals surface area contributed by atoms with Gasteiger partial charge in [-0.3, -0.25) is 14.4 Å². The Bertz CT molecular complexity index is 1280. The summed E-state index contributed by atoms with van der Waals surface area (Å²) >= 11 is 0. The van der Waals surface area contributed by atoms with Gasteiger partial charge < -0.3 is 21.3 Å². The van der Waals surface area contributed by atoms with Crippen LogP contribution >= 0.6 is 0 Å². The van der Waals surface area contributed by atoms with Gasteiger partial charge in [0, 0.05) is 63.7 Å². The van der Waals surface area contributed by atoms with Crippen LogP contribution in [0.15, 0.2) is 18.2 Å². The van der Waals surface area contributed by atoms with Crippen molar-refractivity contribution in [3.63, 3.8) is 0 Å². The number of hydrogen-bond acceptors (Lipinski definition) is 5. The minimum absolute atomic E-state index is 0.0396. The molecule has 1 aromatic rings. The van der Waals surface area contributed by atoms with E-state index in [1.807, 2.05) is 41.5 Å². The Morgan fingerprint density at radius 2 is 1.33 bits per heavy atom. The number of hydrogen-bond donors (Lipinski definition) is 4. The Morgan fingerprint density at radius 3 is 1.90 bits per heavy atom. The van der Waals surface area contributed by atoms with E-state index in [2.05, 4.69) is 35.1 Å². The summed E-state index contributed by atoms with van der Waals surface area (Å²) in [4.78, 5) is 62.9. The molecule has 0 saturated carbocycles. The summed E-state index contributed by atoms with van der Waals surface area (Å²) in [6, 6.07) is 2.50. The van der Waals surface area contributed by atoms with Gasteiger partial charge in [0.15, 0.2) is 0 Å². The summed E-state index contributed by atoms with van der Waals surface area (Å²) in [5.41, 5.74) is -0.0294. The molecule has 0 fully saturated rings. The minimum Gasteiger partial charge on any atom is -0.338 e. The van der Waals surface area contributed by atoms with Gasteiger partial charge in [0.2, 0.25) is 0 Å². The van der Waals surface area contributed by atoms with E-state index >= 15 is 0 Å². The van der Waals surface area contributed by atoms with Crippen LogP contribution in [0.5, 0.6) is 0 Å². The van der Waals surface area contributed by atoms with Crippen molar-refractivity contribution in [2.75, 3.05) is 13.1 Å². The number of aryl methyl sites for hydroxylation is 1. The lowest BCUT2D eigenvalue weighted by atomic mass is 9.88. The zero-order valence-electron chi connectivity index (χ0n) is 32.2. The molecule has 1 aromatic carbocycles. The van der Waals surface area contributed by atoms with Gasteiger partial charge in [-0.25, -0.2) is 9.59 Å². The summed E-state index contributed by atoms with van der Waals surface area (Å²) in [6.45, 7) is 17.8. The van der Waals surface area contributed by atoms with Crippen LogP contribution in [0.4, 0.5) is 22.8 Å². The Balaban J connectivity index is 2.57. The van der Waals surface area contributed by atoms with Crippen LogP contribution in [0.1, 0.15) is 123 Å². The molecule has 1 rings (SSSR count). The lowest BCUT2D eigenvalue weighted by Gasteiger charge is -2.24. The van der Waals surface area contributed by atoms with Crippen molar-refractivity contribution in [1.29, 1.82) is 0 Å². The van der Waals surface area contributed by atoms with Crippen LogP contribution in [-0.2, 0) is 27.0 Å². The number of Topliss-reactive ketones (excluding diaryl/α,β-unsaturated/α-hetero) is 3. The molecule has 9 nitrogen and oxygen atoms in total. The molecular weight excluding hydrogens is 661 g/mol. The quantitative estimate of drug-likeness (QED) is 0.0909. The molecule has 0 unspecified atom stereocenters. The van der Waals surface area contributed by atoms with E-state index in [1.54, 1.807) is 13.0 Å². The second-order valence-corrected chi connectivity index (χ2v) is 15.3. The number of amides is 4. The van der Waals surface area contributed by atoms with Crippen molar-refractivity contribution < 1.29 is 37.1 Å². The standard InChI is InChI=1S/C39H63F3N4O5/c1-10-33(47)13-14-36(26(6)7)46-38(51)43-22-30(15-24(2)3)20-34(48)12-11-28(9)45-37(50)44-23-31(25(4)5)21-35(49)19-29-16-27(8)17-32(18-29)39(40,41)42/h16-18,24-26,28,30-31,36H,10-15,19-23H2,1-9H3,(H2,43,46,51)(H2,44,45,50)/t28-,30+,31+,36+/m0/s1. The Labute approximate surface area is 303 Å². The number of nitrogens with one attached hydrogen (secondary N) is 4. The fraction of sp³-hybridized carbons (Fsp3) is 0.718. The smallest absolute Gasteiger partial charge is 0.338 e. The molecule has 0 spiro atoms. The van der Waals surface area contributed by atoms with Crippen LogP contribution in [0.3, 0.4) is 0 Å². The van der Waals surface area contributed by atoms with Gasteiger partial charge in [-0.15, -0.1) is 0 Å². The lowest BCUT2D eigenvalue weighted by Crippen LogP contribution is -2.46. The van der Waals surface area contributed by atoms with Crippen molar-refractivity contribution >= 4 is 29.4 Å². The molecule has 51 heavy (non-hydrogen) atoms. The first kappa shape index (κ1) is 45.6. The molecule has 0 heterocycles. The predicted octanol–water partition coefficient (Wildman–Crippen LogP) is 7.96. The van der Waals surface area contributed by atoms with Gasteiger partial charge in [0.25, 0.3) is 0 Å². The third-order valence-corrected chi connectivity index (χ3v) is 9.18. The Morgan fingerprint density at radius 1 is 0.725 bits per heavy atom. The van der Waals surface area contributed by atoms with Crippen molar-refractivity contribution in [3.8, 4) is 0 Å². The maximum atomic E-state index is 13.2. The number of halogens is 3. The van der Waals surface area contributed by atoms with E-state index in [0.717, 1.165) is 18.6 Å². The summed E-state index contributed by atoms with van der Waals surface area (Å²) in [5.74, 6) is 0.304. The zero-order chi connectivity index (χ0) is 38.9. The number of carbonyl (C=O) groups is 5. The molecule has 0 aliphatic rings. The van der Waals surface area contributed by atoms with E-state index in [1.165, 1.54) is 0 Å². The highest BCUT2D eigenvalue weighted by atomic mass is 19.4. The molecule has 0 radical (unpaired) electrons. The van der Waals surface area contributed by atoms with E-state index in [4.69, 9.17) is 0 Å². The number of carbonyl (C=O) groups excluding carboxylic acids is 5. The van der Waals surface area contributed by atoms with E-state index < -0.39 is 17.8 Å². The fourth-order valence-electron chi connectivity index (χ4n) is 6.06. The van der Waals surface area contributed by atoms with Gasteiger partial charge in [0.1, 0.15) is 17.3 Å². The van der Waals surface area contributed by atoms with Crippen LogP contribution in [-0.4, -0.2) is 54.6 Å². The fourth-order valence-corrected chi connectivity index (χ4v) is 6.06. The van der Waals surface area contributed by atoms with E-state index in [0.29, 0.717) is 55.7 Å². The first-order valence-corrected chi connectivity index (χ1v) is 18.5. The lowest BCUT2D eigenvalue weighted by molar-refractivity contribution is -0.137. The third kappa shape index (κ3) is 19.7. The molecule has 4 amide bonds. The van der Waals surface area contributed by atoms with Crippen molar-refractivity contribution in [3.05, 3.63) is 34.9 Å². The monoisotopic (exact) mass is 724 g/mol. The van der Waals surface area contributed by atoms with E-state index in [-0.39, 0.29) is 84.9 Å². The molecule has 0 aromatic heterocycles. The summed E-state index contributed by atoms with van der Waals surface area (Å²) in [5, 5.41) is 11.6. The van der Waals surface area contributed by atoms with Crippen molar-refractivity contribution in [2.45, 2.75) is 138 Å². The topological polar surface area (TPSA) is 133 Å². The van der Waals surface area contributed by atoms with E-state index in [9.17, 15) is 37.1 Å². The van der Waals surface area contributed by atoms with Gasteiger partial charge in [-0.1, -0.05) is 60.1 Å². The van der Waals surface area contributed by atoms with Crippen LogP contribution in [0, 0.1) is 36.5 Å². The maximum absolute atomic E-state index is 13.2. The second-order valence-electron chi connectivity index (χ2n) is 15.3. The van der Waals surface area contributed by atoms with Gasteiger partial charge in [0.05, 0.1) is 5.56 Å². The molecular formula is C39H63F3N4O5. The summed E-state index contributed by atoms with van der Waals surface area (Å²) < 4.78 is 39.7. The Kier molecular flexibility index (Phi) is 20.1. The summed E-state index contributed by atoms with van der Waals surface area (Å²) in [7, 11) is 0. The molecule has 0 saturated heterocycles. The molecule has 4 atom stereocenters. The number of ketones is 3. The highest BCUT2D eigenvalue weighted by molar-refractivity contribution is 5.82. The minimum atomic E-state index is -4.49. The normalized spacial score (nSPS) is 14.2. The number of urea groups is 2. The molecule has 0 bridgehead atoms. The van der Waals surface area contributed by atoms with Gasteiger partial charge in [-0.2, -0.15) is 13.2 Å². The van der Waals surface area contributed by atoms with Gasteiger partial charge in [-0.05, 0) is 80.4 Å². The maximum Gasteiger partial charge on any atom is 0.416 e. The van der Waals surface area contributed by atoms with Crippen LogP contribution in [0.2, 0.25) is 0 Å². The molecule has 0 aliphatic carbocycles. The molecule has 0 aliphatic heterocycles. The molecule has 12 heteroatoms. The highest BCUT2D eigenvalue weighted by Gasteiger charge is 2.31. The largest absolute Gasteiger partial charge is 0.416 e. The van der Waals surface area contributed by atoms with Crippen LogP contribution < -0.4 is 21.3 Å². The average molecular weight is 725 g/mol. The predicted molar refractivity (Wildman–Crippen MR) is 195 cm³/mol. The number of rotatable bonds is 23. The molecule has 290 valence electrons. The second kappa shape index (κ2) is 22.5. The SMILES string of the molecule is CCC(=O)CC[C@@H](NC(=O)NC[C@@H](CC(=O)CC[C@H](C)NC(=O)NC[C@@H](CC(=O)Cc1cc(C)cc(C(F)(F)F)c1)C(C)C)CC(C)C)C(C)C. The summed E-state index contributed by atoms with van der Waals surface area (Å²) in [6.07, 6.45) is -1.24. The van der Waals surface area contributed by atoms with Crippen molar-refractivity contribution in [2.24, 2.45) is 29.6 Å². The first-order chi connectivity index (χ1) is 23.7. The van der Waals surface area contributed by atoms with Crippen molar-refractivity contribution in [1.82, 2.24) is 21.3 Å². The Hall–Kier alpha value is -3.44. The third-order valence-electron chi connectivity index (χ3n) is 9.18. The highest BCUT2D eigenvalue weighted by Crippen LogP contribution is 2.31. The zero-order valence-corrected chi connectivity index (χ0v) is 32.2. The average Bonchev–Trinajstić information content (AvgIpc) is 3.01. The molecule has 4 N–H and O–H groups in total. The number of alkyl halides is 3. The van der Waals surface area contributed by atoms with Crippen LogP contribution in [0.25, 0.3) is 0 Å². The van der Waals surface area contributed by atoms with Gasteiger partial charge >= 0.3 is 18.2 Å². The number of benzene rings is 1. The first-order valence-electron chi connectivity index (χ1n) is 18.5.